The quantitative estimate of drug-likeness (QED) is 0.601. The molecule has 156 valence electrons. The van der Waals surface area contributed by atoms with Gasteiger partial charge in [-0.1, -0.05) is 31.2 Å². The van der Waals surface area contributed by atoms with Crippen LogP contribution >= 0.6 is 0 Å². The lowest BCUT2D eigenvalue weighted by Gasteiger charge is -2.14. The lowest BCUT2D eigenvalue weighted by molar-refractivity contribution is -0.141. The fourth-order valence-electron chi connectivity index (χ4n) is 3.08. The summed E-state index contributed by atoms with van der Waals surface area (Å²) in [5, 5.41) is 9.13. The number of hydrogen-bond donors (Lipinski definition) is 1. The summed E-state index contributed by atoms with van der Waals surface area (Å²) in [6.07, 6.45) is 0.0713. The molecule has 3 aromatic rings. The van der Waals surface area contributed by atoms with Crippen LogP contribution in [0.1, 0.15) is 12.5 Å². The van der Waals surface area contributed by atoms with Gasteiger partial charge in [0.05, 0.1) is 5.92 Å². The van der Waals surface area contributed by atoms with E-state index in [1.807, 2.05) is 0 Å². The normalized spacial score (nSPS) is 12.5. The van der Waals surface area contributed by atoms with E-state index in [0.29, 0.717) is 5.56 Å². The van der Waals surface area contributed by atoms with Crippen LogP contribution in [0.4, 0.5) is 13.2 Å². The minimum Gasteiger partial charge on any atom is -0.481 e. The molecule has 8 heteroatoms. The third-order valence-corrected chi connectivity index (χ3v) is 6.50. The largest absolute Gasteiger partial charge is 0.481 e. The molecular formula is C22H17F3O4S. The molecule has 0 unspecified atom stereocenters. The number of carboxylic acids is 1. The van der Waals surface area contributed by atoms with Crippen molar-refractivity contribution in [2.75, 3.05) is 0 Å². The molecule has 3 rings (SSSR count). The number of hydrogen-bond acceptors (Lipinski definition) is 3. The SMILES string of the molecule is C[C@H](Cc1ccc(F)cc1-c1ccc(S(=O)(=O)c2ccccc2F)c(F)c1)C(=O)O. The smallest absolute Gasteiger partial charge is 0.306 e. The fourth-order valence-corrected chi connectivity index (χ4v) is 4.46. The maximum Gasteiger partial charge on any atom is 0.306 e. The topological polar surface area (TPSA) is 71.4 Å². The van der Waals surface area contributed by atoms with Crippen LogP contribution in [-0.2, 0) is 21.1 Å². The predicted molar refractivity (Wildman–Crippen MR) is 104 cm³/mol. The highest BCUT2D eigenvalue weighted by atomic mass is 32.2. The summed E-state index contributed by atoms with van der Waals surface area (Å²) in [5.41, 5.74) is 0.888. The van der Waals surface area contributed by atoms with Crippen LogP contribution in [0.25, 0.3) is 11.1 Å². The van der Waals surface area contributed by atoms with Crippen molar-refractivity contribution in [1.29, 1.82) is 0 Å². The maximum absolute atomic E-state index is 14.8. The van der Waals surface area contributed by atoms with Crippen molar-refractivity contribution in [3.05, 3.63) is 83.7 Å². The van der Waals surface area contributed by atoms with Gasteiger partial charge in [0, 0.05) is 0 Å². The second kappa shape index (κ2) is 8.31. The Balaban J connectivity index is 2.08. The van der Waals surface area contributed by atoms with E-state index in [4.69, 9.17) is 5.11 Å². The number of halogens is 3. The zero-order chi connectivity index (χ0) is 22.1. The van der Waals surface area contributed by atoms with Gasteiger partial charge < -0.3 is 5.11 Å². The fraction of sp³-hybridized carbons (Fsp3) is 0.136. The van der Waals surface area contributed by atoms with Gasteiger partial charge in [0.1, 0.15) is 27.2 Å². The molecule has 0 fully saturated rings. The van der Waals surface area contributed by atoms with Crippen LogP contribution in [0.5, 0.6) is 0 Å². The predicted octanol–water partition coefficient (Wildman–Crippen LogP) is 4.87. The molecule has 0 bridgehead atoms. The molecule has 4 nitrogen and oxygen atoms in total. The van der Waals surface area contributed by atoms with Gasteiger partial charge in [0.2, 0.25) is 9.84 Å². The van der Waals surface area contributed by atoms with E-state index in [0.717, 1.165) is 30.3 Å². The Hall–Kier alpha value is -3.13. The Kier molecular flexibility index (Phi) is 5.98. The van der Waals surface area contributed by atoms with Crippen LogP contribution in [0.2, 0.25) is 0 Å². The first-order valence-electron chi connectivity index (χ1n) is 8.92. The molecule has 1 atom stereocenters. The Morgan fingerprint density at radius 2 is 1.60 bits per heavy atom. The second-order valence-corrected chi connectivity index (χ2v) is 8.71. The van der Waals surface area contributed by atoms with Crippen molar-refractivity contribution in [3.63, 3.8) is 0 Å². The lowest BCUT2D eigenvalue weighted by Crippen LogP contribution is -2.13. The first kappa shape index (κ1) is 21.6. The number of rotatable bonds is 6. The van der Waals surface area contributed by atoms with Crippen molar-refractivity contribution in [1.82, 2.24) is 0 Å². The average molecular weight is 434 g/mol. The molecule has 1 N–H and O–H groups in total. The number of carbonyl (C=O) groups is 1. The van der Waals surface area contributed by atoms with Gasteiger partial charge in [-0.3, -0.25) is 4.79 Å². The molecule has 30 heavy (non-hydrogen) atoms. The third kappa shape index (κ3) is 4.23. The Bertz CT molecular complexity index is 1220. The van der Waals surface area contributed by atoms with E-state index in [1.165, 1.54) is 37.3 Å². The van der Waals surface area contributed by atoms with Crippen LogP contribution in [0.15, 0.2) is 70.5 Å². The van der Waals surface area contributed by atoms with E-state index in [-0.39, 0.29) is 17.5 Å². The second-order valence-electron chi connectivity index (χ2n) is 6.82. The van der Waals surface area contributed by atoms with Gasteiger partial charge in [-0.05, 0) is 59.5 Å². The first-order valence-corrected chi connectivity index (χ1v) is 10.4. The van der Waals surface area contributed by atoms with Crippen molar-refractivity contribution >= 4 is 15.8 Å². The molecule has 0 radical (unpaired) electrons. The van der Waals surface area contributed by atoms with E-state index in [2.05, 4.69) is 0 Å². The molecule has 0 aliphatic carbocycles. The standard InChI is InChI=1S/C22H17F3O4S/c1-13(22(26)27)10-14-6-8-16(23)12-17(14)15-7-9-21(19(25)11-15)30(28,29)20-5-3-2-4-18(20)24/h2-9,11-13H,10H2,1H3,(H,26,27)/t13-/m1/s1. The summed E-state index contributed by atoms with van der Waals surface area (Å²) in [7, 11) is -4.45. The molecular weight excluding hydrogens is 417 g/mol. The third-order valence-electron chi connectivity index (χ3n) is 4.68. The molecule has 0 aliphatic rings. The summed E-state index contributed by atoms with van der Waals surface area (Å²) in [5.74, 6) is -4.55. The maximum atomic E-state index is 14.8. The highest BCUT2D eigenvalue weighted by Crippen LogP contribution is 2.32. The highest BCUT2D eigenvalue weighted by molar-refractivity contribution is 7.91. The summed E-state index contributed by atoms with van der Waals surface area (Å²) in [4.78, 5) is 9.79. The van der Waals surface area contributed by atoms with Gasteiger partial charge in [0.15, 0.2) is 0 Å². The summed E-state index contributed by atoms with van der Waals surface area (Å²) in [6, 6.07) is 11.5. The van der Waals surface area contributed by atoms with Gasteiger partial charge in [-0.15, -0.1) is 0 Å². The molecule has 0 saturated heterocycles. The van der Waals surface area contributed by atoms with Crippen LogP contribution in [0, 0.1) is 23.4 Å². The number of benzene rings is 3. The van der Waals surface area contributed by atoms with Crippen LogP contribution in [-0.4, -0.2) is 19.5 Å². The van der Waals surface area contributed by atoms with Crippen LogP contribution < -0.4 is 0 Å². The van der Waals surface area contributed by atoms with Crippen molar-refractivity contribution in [3.8, 4) is 11.1 Å². The van der Waals surface area contributed by atoms with E-state index in [1.54, 1.807) is 0 Å². The van der Waals surface area contributed by atoms with Crippen molar-refractivity contribution in [2.45, 2.75) is 23.1 Å². The van der Waals surface area contributed by atoms with Crippen molar-refractivity contribution in [2.24, 2.45) is 5.92 Å². The minimum atomic E-state index is -4.45. The highest BCUT2D eigenvalue weighted by Gasteiger charge is 2.25. The summed E-state index contributed by atoms with van der Waals surface area (Å²) >= 11 is 0. The van der Waals surface area contributed by atoms with Gasteiger partial charge >= 0.3 is 5.97 Å². The summed E-state index contributed by atoms with van der Waals surface area (Å²) < 4.78 is 67.9. The molecule has 0 aliphatic heterocycles. The number of aliphatic carboxylic acids is 1. The molecule has 0 spiro atoms. The Morgan fingerprint density at radius 3 is 2.23 bits per heavy atom. The lowest BCUT2D eigenvalue weighted by atomic mass is 9.93. The zero-order valence-corrected chi connectivity index (χ0v) is 16.6. The number of carboxylic acid groups (broad SMARTS) is 1. The average Bonchev–Trinajstić information content (AvgIpc) is 2.69. The Labute approximate surface area is 171 Å². The van der Waals surface area contributed by atoms with E-state index >= 15 is 0 Å². The van der Waals surface area contributed by atoms with Crippen molar-refractivity contribution < 1.29 is 31.5 Å². The van der Waals surface area contributed by atoms with Gasteiger partial charge in [0.25, 0.3) is 0 Å². The van der Waals surface area contributed by atoms with Gasteiger partial charge in [-0.2, -0.15) is 0 Å². The molecule has 3 aromatic carbocycles. The monoisotopic (exact) mass is 434 g/mol. The Morgan fingerprint density at radius 1 is 0.933 bits per heavy atom. The molecule has 0 heterocycles. The zero-order valence-electron chi connectivity index (χ0n) is 15.8. The number of sulfone groups is 1. The molecule has 0 amide bonds. The molecule has 0 saturated carbocycles. The molecule has 0 aromatic heterocycles. The summed E-state index contributed by atoms with van der Waals surface area (Å²) in [6.45, 7) is 1.49. The van der Waals surface area contributed by atoms with Gasteiger partial charge in [-0.25, -0.2) is 21.6 Å². The van der Waals surface area contributed by atoms with E-state index < -0.39 is 49.0 Å². The first-order chi connectivity index (χ1) is 14.1. The van der Waals surface area contributed by atoms with E-state index in [9.17, 15) is 26.4 Å². The van der Waals surface area contributed by atoms with Crippen LogP contribution in [0.3, 0.4) is 0 Å². The minimum absolute atomic E-state index is 0.0713.